The molecule has 7 heteroatoms. The summed E-state index contributed by atoms with van der Waals surface area (Å²) in [4.78, 5) is 27.0. The van der Waals surface area contributed by atoms with Crippen molar-refractivity contribution in [2.24, 2.45) is 0 Å². The smallest absolute Gasteiger partial charge is 0.261 e. The summed E-state index contributed by atoms with van der Waals surface area (Å²) in [7, 11) is 0. The van der Waals surface area contributed by atoms with Crippen LogP contribution in [0.15, 0.2) is 41.8 Å². The van der Waals surface area contributed by atoms with E-state index in [2.05, 4.69) is 29.4 Å². The minimum atomic E-state index is -0.144. The van der Waals surface area contributed by atoms with E-state index in [1.165, 1.54) is 11.3 Å². The Hall–Kier alpha value is -1.89. The maximum atomic E-state index is 12.2. The monoisotopic (exact) mass is 407 g/mol. The van der Waals surface area contributed by atoms with Crippen LogP contribution in [0.3, 0.4) is 0 Å². The van der Waals surface area contributed by atoms with Crippen LogP contribution in [0.25, 0.3) is 0 Å². The number of carbonyl (C=O) groups is 2. The van der Waals surface area contributed by atoms with Crippen LogP contribution in [0.2, 0.25) is 5.02 Å². The molecule has 2 N–H and O–H groups in total. The molecule has 1 atom stereocenters. The minimum absolute atomic E-state index is 0.0124. The van der Waals surface area contributed by atoms with Gasteiger partial charge in [0.05, 0.1) is 10.9 Å². The molecule has 1 unspecified atom stereocenters. The quantitative estimate of drug-likeness (QED) is 0.631. The predicted molar refractivity (Wildman–Crippen MR) is 111 cm³/mol. The Labute approximate surface area is 169 Å². The molecule has 0 aliphatic heterocycles. The number of nitrogens with one attached hydrogen (secondary N) is 2. The fourth-order valence-corrected chi connectivity index (χ4v) is 3.83. The van der Waals surface area contributed by atoms with E-state index < -0.39 is 0 Å². The molecule has 2 aromatic rings. The summed E-state index contributed by atoms with van der Waals surface area (Å²) in [5, 5.41) is 8.30. The summed E-state index contributed by atoms with van der Waals surface area (Å²) in [5.74, 6) is -0.236. The van der Waals surface area contributed by atoms with Gasteiger partial charge in [-0.25, -0.2) is 0 Å². The lowest BCUT2D eigenvalue weighted by Gasteiger charge is -2.31. The van der Waals surface area contributed by atoms with Crippen LogP contribution in [-0.2, 0) is 4.79 Å². The molecule has 0 saturated carbocycles. The topological polar surface area (TPSA) is 61.4 Å². The number of hydrogen-bond acceptors (Lipinski definition) is 4. The first-order valence-electron chi connectivity index (χ1n) is 9.13. The molecule has 0 aliphatic carbocycles. The van der Waals surface area contributed by atoms with Crippen LogP contribution < -0.4 is 10.6 Å². The van der Waals surface area contributed by atoms with E-state index in [1.807, 2.05) is 35.7 Å². The second-order valence-corrected chi connectivity index (χ2v) is 7.40. The van der Waals surface area contributed by atoms with Gasteiger partial charge in [0, 0.05) is 24.5 Å². The number of carbonyl (C=O) groups excluding carboxylic acids is 2. The second kappa shape index (κ2) is 11.1. The largest absolute Gasteiger partial charge is 0.354 e. The molecule has 0 radical (unpaired) electrons. The van der Waals surface area contributed by atoms with Crippen molar-refractivity contribution in [3.05, 3.63) is 57.2 Å². The molecule has 5 nitrogen and oxygen atoms in total. The van der Waals surface area contributed by atoms with Gasteiger partial charge in [0.2, 0.25) is 5.91 Å². The molecule has 0 bridgehead atoms. The second-order valence-electron chi connectivity index (χ2n) is 6.05. The summed E-state index contributed by atoms with van der Waals surface area (Å²) in [5.41, 5.74) is 1.01. The van der Waals surface area contributed by atoms with Crippen molar-refractivity contribution < 1.29 is 9.59 Å². The summed E-state index contributed by atoms with van der Waals surface area (Å²) < 4.78 is 0. The lowest BCUT2D eigenvalue weighted by molar-refractivity contribution is -0.121. The number of halogens is 1. The van der Waals surface area contributed by atoms with Crippen molar-refractivity contribution in [2.75, 3.05) is 26.2 Å². The van der Waals surface area contributed by atoms with Crippen LogP contribution >= 0.6 is 22.9 Å². The van der Waals surface area contributed by atoms with Crippen LogP contribution in [0.4, 0.5) is 0 Å². The molecule has 1 heterocycles. The first-order valence-corrected chi connectivity index (χ1v) is 10.4. The lowest BCUT2D eigenvalue weighted by Crippen LogP contribution is -2.39. The Kier molecular flexibility index (Phi) is 8.78. The number of thiophene rings is 1. The van der Waals surface area contributed by atoms with Gasteiger partial charge in [-0.3, -0.25) is 14.5 Å². The van der Waals surface area contributed by atoms with Crippen molar-refractivity contribution in [1.29, 1.82) is 0 Å². The maximum Gasteiger partial charge on any atom is 0.261 e. The number of likely N-dealkylation sites (N-methyl/N-ethyl adjacent to an activating group) is 1. The molecule has 0 fully saturated rings. The predicted octanol–water partition coefficient (Wildman–Crippen LogP) is 3.72. The first kappa shape index (κ1) is 21.4. The van der Waals surface area contributed by atoms with Crippen LogP contribution in [0.5, 0.6) is 0 Å². The van der Waals surface area contributed by atoms with Crippen molar-refractivity contribution in [2.45, 2.75) is 26.3 Å². The van der Waals surface area contributed by atoms with Gasteiger partial charge in [0.1, 0.15) is 0 Å². The molecular formula is C20H26ClN3O2S. The molecule has 146 valence electrons. The average molecular weight is 408 g/mol. The Balaban J connectivity index is 1.87. The highest BCUT2D eigenvalue weighted by Gasteiger charge is 2.21. The minimum Gasteiger partial charge on any atom is -0.354 e. The molecular weight excluding hydrogens is 382 g/mol. The van der Waals surface area contributed by atoms with Gasteiger partial charge in [-0.05, 0) is 36.2 Å². The first-order chi connectivity index (χ1) is 13.1. The average Bonchev–Trinajstić information content (AvgIpc) is 3.21. The van der Waals surface area contributed by atoms with E-state index in [0.717, 1.165) is 18.7 Å². The van der Waals surface area contributed by atoms with Crippen LogP contribution in [0.1, 0.15) is 41.5 Å². The summed E-state index contributed by atoms with van der Waals surface area (Å²) >= 11 is 7.75. The van der Waals surface area contributed by atoms with Crippen molar-refractivity contribution in [3.8, 4) is 0 Å². The SMILES string of the molecule is CCN(CC)C(CNC(=O)CCNC(=O)c1cccs1)c1ccccc1Cl. The number of benzene rings is 1. The van der Waals surface area contributed by atoms with E-state index >= 15 is 0 Å². The van der Waals surface area contributed by atoms with Gasteiger partial charge in [0.25, 0.3) is 5.91 Å². The van der Waals surface area contributed by atoms with Crippen molar-refractivity contribution in [1.82, 2.24) is 15.5 Å². The van der Waals surface area contributed by atoms with Gasteiger partial charge in [-0.15, -0.1) is 11.3 Å². The van der Waals surface area contributed by atoms with Crippen LogP contribution in [0, 0.1) is 0 Å². The number of hydrogen-bond donors (Lipinski definition) is 2. The van der Waals surface area contributed by atoms with Crippen LogP contribution in [-0.4, -0.2) is 42.9 Å². The highest BCUT2D eigenvalue weighted by molar-refractivity contribution is 7.12. The zero-order valence-electron chi connectivity index (χ0n) is 15.7. The molecule has 2 rings (SSSR count). The number of amides is 2. The molecule has 0 saturated heterocycles. The molecule has 1 aromatic heterocycles. The summed E-state index contributed by atoms with van der Waals surface area (Å²) in [6, 6.07) is 11.3. The van der Waals surface area contributed by atoms with Gasteiger partial charge >= 0.3 is 0 Å². The zero-order chi connectivity index (χ0) is 19.6. The Morgan fingerprint density at radius 3 is 2.48 bits per heavy atom. The summed E-state index contributed by atoms with van der Waals surface area (Å²) in [6.07, 6.45) is 0.241. The molecule has 2 amide bonds. The third-order valence-electron chi connectivity index (χ3n) is 4.39. The summed E-state index contributed by atoms with van der Waals surface area (Å²) in [6.45, 7) is 6.69. The van der Waals surface area contributed by atoms with Gasteiger partial charge in [0.15, 0.2) is 0 Å². The maximum absolute atomic E-state index is 12.2. The highest BCUT2D eigenvalue weighted by Crippen LogP contribution is 2.26. The van der Waals surface area contributed by atoms with E-state index in [9.17, 15) is 9.59 Å². The van der Waals surface area contributed by atoms with Gasteiger partial charge in [-0.2, -0.15) is 0 Å². The van der Waals surface area contributed by atoms with Crippen molar-refractivity contribution >= 4 is 34.8 Å². The molecule has 0 spiro atoms. The standard InChI is InChI=1S/C20H26ClN3O2S/c1-3-24(4-2)17(15-8-5-6-9-16(15)21)14-23-19(25)11-12-22-20(26)18-10-7-13-27-18/h5-10,13,17H,3-4,11-12,14H2,1-2H3,(H,22,26)(H,23,25). The number of nitrogens with zero attached hydrogens (tertiary/aromatic N) is 1. The third-order valence-corrected chi connectivity index (χ3v) is 5.61. The fourth-order valence-electron chi connectivity index (χ4n) is 2.93. The fraction of sp³-hybridized carbons (Fsp3) is 0.400. The lowest BCUT2D eigenvalue weighted by atomic mass is 10.0. The Morgan fingerprint density at radius 1 is 1.11 bits per heavy atom. The van der Waals surface area contributed by atoms with Gasteiger partial charge in [-0.1, -0.05) is 49.7 Å². The molecule has 1 aromatic carbocycles. The molecule has 0 aliphatic rings. The number of rotatable bonds is 10. The third kappa shape index (κ3) is 6.34. The molecule has 27 heavy (non-hydrogen) atoms. The highest BCUT2D eigenvalue weighted by atomic mass is 35.5. The Morgan fingerprint density at radius 2 is 1.85 bits per heavy atom. The van der Waals surface area contributed by atoms with E-state index in [4.69, 9.17) is 11.6 Å². The van der Waals surface area contributed by atoms with Crippen molar-refractivity contribution in [3.63, 3.8) is 0 Å². The van der Waals surface area contributed by atoms with Gasteiger partial charge < -0.3 is 10.6 Å². The zero-order valence-corrected chi connectivity index (χ0v) is 17.3. The van der Waals surface area contributed by atoms with E-state index in [-0.39, 0.29) is 24.3 Å². The Bertz CT molecular complexity index is 733. The van der Waals surface area contributed by atoms with E-state index in [0.29, 0.717) is 23.0 Å². The van der Waals surface area contributed by atoms with E-state index in [1.54, 1.807) is 6.07 Å². The normalized spacial score (nSPS) is 12.0.